The van der Waals surface area contributed by atoms with E-state index < -0.39 is 17.1 Å². The summed E-state index contributed by atoms with van der Waals surface area (Å²) < 4.78 is 22.7. The lowest BCUT2D eigenvalue weighted by atomic mass is 9.88. The number of hydrogen-bond donors (Lipinski definition) is 2. The molecule has 0 unspecified atom stereocenters. The molecule has 2 N–H and O–H groups in total. The molecule has 0 aliphatic carbocycles. The summed E-state index contributed by atoms with van der Waals surface area (Å²) in [5, 5.41) is 5.49. The molecule has 42 heavy (non-hydrogen) atoms. The number of unbranched alkanes of at least 4 members (excludes halogenated alkanes) is 1. The van der Waals surface area contributed by atoms with Gasteiger partial charge in [-0.2, -0.15) is 0 Å². The van der Waals surface area contributed by atoms with Gasteiger partial charge in [-0.3, -0.25) is 19.1 Å². The summed E-state index contributed by atoms with van der Waals surface area (Å²) >= 11 is 5.90. The topological polar surface area (TPSA) is 97.6 Å². The van der Waals surface area contributed by atoms with E-state index in [9.17, 15) is 18.8 Å². The highest BCUT2D eigenvalue weighted by Gasteiger charge is 2.27. The van der Waals surface area contributed by atoms with Crippen LogP contribution in [-0.2, 0) is 18.3 Å². The number of halogens is 2. The van der Waals surface area contributed by atoms with E-state index in [0.717, 1.165) is 31.1 Å². The highest BCUT2D eigenvalue weighted by Crippen LogP contribution is 2.27. The maximum absolute atomic E-state index is 13.9. The Hall–Kier alpha value is -3.63. The van der Waals surface area contributed by atoms with Crippen LogP contribution in [0.15, 0.2) is 47.3 Å². The molecule has 0 aliphatic rings. The summed E-state index contributed by atoms with van der Waals surface area (Å²) in [4.78, 5) is 41.9. The van der Waals surface area contributed by atoms with Gasteiger partial charge in [-0.05, 0) is 70.4 Å². The van der Waals surface area contributed by atoms with Crippen LogP contribution < -0.4 is 20.9 Å². The summed E-state index contributed by atoms with van der Waals surface area (Å²) in [5.74, 6) is -1.43. The minimum atomic E-state index is -0.682. The largest absolute Gasteiger partial charge is 0.493 e. The maximum Gasteiger partial charge on any atom is 0.295 e. The minimum Gasteiger partial charge on any atom is -0.493 e. The Morgan fingerprint density at radius 1 is 1.12 bits per heavy atom. The third-order valence-electron chi connectivity index (χ3n) is 6.85. The van der Waals surface area contributed by atoms with Crippen molar-refractivity contribution >= 4 is 29.1 Å². The first-order valence-corrected chi connectivity index (χ1v) is 14.4. The van der Waals surface area contributed by atoms with Gasteiger partial charge in [-0.15, -0.1) is 0 Å². The number of rotatable bonds is 14. The van der Waals surface area contributed by atoms with Gasteiger partial charge in [0.2, 0.25) is 5.91 Å². The van der Waals surface area contributed by atoms with E-state index in [1.807, 2.05) is 65.3 Å². The first kappa shape index (κ1) is 32.9. The number of anilines is 1. The average Bonchev–Trinajstić information content (AvgIpc) is 3.15. The molecule has 228 valence electrons. The van der Waals surface area contributed by atoms with Gasteiger partial charge < -0.3 is 20.3 Å². The maximum atomic E-state index is 13.9. The molecule has 9 nitrogen and oxygen atoms in total. The first-order chi connectivity index (χ1) is 19.8. The highest BCUT2D eigenvalue weighted by atomic mass is 35.5. The molecule has 1 aromatic heterocycles. The average molecular weight is 602 g/mol. The number of aromatic nitrogens is 2. The van der Waals surface area contributed by atoms with Gasteiger partial charge in [0.25, 0.3) is 11.5 Å². The van der Waals surface area contributed by atoms with Crippen molar-refractivity contribution in [1.82, 2.24) is 19.6 Å². The second kappa shape index (κ2) is 14.5. The van der Waals surface area contributed by atoms with Gasteiger partial charge in [0.05, 0.1) is 28.6 Å². The molecule has 3 aromatic rings. The predicted octanol–water partition coefficient (Wildman–Crippen LogP) is 5.04. The summed E-state index contributed by atoms with van der Waals surface area (Å²) in [6.07, 6.45) is 2.45. The van der Waals surface area contributed by atoms with Gasteiger partial charge in [-0.25, -0.2) is 9.07 Å². The zero-order chi connectivity index (χ0) is 31.0. The van der Waals surface area contributed by atoms with Crippen molar-refractivity contribution in [2.75, 3.05) is 39.1 Å². The third-order valence-corrected chi connectivity index (χ3v) is 7.14. The molecule has 2 aromatic carbocycles. The van der Waals surface area contributed by atoms with Crippen LogP contribution in [0.4, 0.5) is 10.1 Å². The van der Waals surface area contributed by atoms with Crippen molar-refractivity contribution in [3.63, 3.8) is 0 Å². The number of para-hydroxylation sites is 1. The number of amides is 2. The van der Waals surface area contributed by atoms with Crippen molar-refractivity contribution in [1.29, 1.82) is 0 Å². The van der Waals surface area contributed by atoms with Gasteiger partial charge in [0.1, 0.15) is 17.3 Å². The Bertz CT molecular complexity index is 1450. The third kappa shape index (κ3) is 8.45. The molecule has 0 bridgehead atoms. The number of carbonyl (C=O) groups is 2. The SMILES string of the molecule is CCOc1cc(F)c(Cl)cc1C(=O)NCC(C)(C)CC(=O)Nc1c(CCCCN(C)C)n(C)n(-c2ccccc2)c1=O. The summed E-state index contributed by atoms with van der Waals surface area (Å²) in [5.41, 5.74) is 0.845. The Morgan fingerprint density at radius 3 is 2.45 bits per heavy atom. The molecule has 0 saturated carbocycles. The second-order valence-corrected chi connectivity index (χ2v) is 11.7. The molecular formula is C31H41ClFN5O4. The molecule has 0 saturated heterocycles. The highest BCUT2D eigenvalue weighted by molar-refractivity contribution is 6.31. The Kier molecular flexibility index (Phi) is 11.4. The molecule has 2 amide bonds. The monoisotopic (exact) mass is 601 g/mol. The van der Waals surface area contributed by atoms with Crippen molar-refractivity contribution < 1.29 is 18.7 Å². The number of nitrogens with zero attached hydrogens (tertiary/aromatic N) is 3. The smallest absolute Gasteiger partial charge is 0.295 e. The fourth-order valence-corrected chi connectivity index (χ4v) is 4.88. The molecule has 0 aliphatic heterocycles. The van der Waals surface area contributed by atoms with Crippen LogP contribution in [0.5, 0.6) is 5.75 Å². The van der Waals surface area contributed by atoms with E-state index in [1.54, 1.807) is 16.3 Å². The second-order valence-electron chi connectivity index (χ2n) is 11.3. The van der Waals surface area contributed by atoms with Gasteiger partial charge in [-0.1, -0.05) is 43.6 Å². The lowest BCUT2D eigenvalue weighted by molar-refractivity contribution is -0.118. The molecule has 3 rings (SSSR count). The summed E-state index contributed by atoms with van der Waals surface area (Å²) in [7, 11) is 5.86. The zero-order valence-corrected chi connectivity index (χ0v) is 26.0. The van der Waals surface area contributed by atoms with Crippen molar-refractivity contribution in [2.24, 2.45) is 12.5 Å². The molecule has 0 radical (unpaired) electrons. The van der Waals surface area contributed by atoms with Gasteiger partial charge in [0.15, 0.2) is 0 Å². The van der Waals surface area contributed by atoms with Crippen molar-refractivity contribution in [2.45, 2.75) is 46.5 Å². The molecular weight excluding hydrogens is 561 g/mol. The number of hydrogen-bond acceptors (Lipinski definition) is 5. The fourth-order valence-electron chi connectivity index (χ4n) is 4.72. The number of nitrogens with one attached hydrogen (secondary N) is 2. The van der Waals surface area contributed by atoms with Crippen molar-refractivity contribution in [3.05, 3.63) is 74.9 Å². The standard InChI is InChI=1S/C31H41ClFN5O4/c1-7-42-26-18-24(33)23(32)17-22(26)29(40)34-20-31(2,3)19-27(39)35-28-25(15-11-12-16-36(4)5)37(6)38(30(28)41)21-13-9-8-10-14-21/h8-10,13-14,17-18H,7,11-12,15-16,19-20H2,1-6H3,(H,34,40)(H,35,39). The molecule has 0 fully saturated rings. The zero-order valence-electron chi connectivity index (χ0n) is 25.2. The first-order valence-electron chi connectivity index (χ1n) is 14.1. The normalized spacial score (nSPS) is 11.5. The van der Waals surface area contributed by atoms with Gasteiger partial charge in [0, 0.05) is 26.1 Å². The molecule has 1 heterocycles. The van der Waals surface area contributed by atoms with Crippen LogP contribution in [-0.4, -0.2) is 59.9 Å². The van der Waals surface area contributed by atoms with E-state index in [4.69, 9.17) is 16.3 Å². The number of benzene rings is 2. The van der Waals surface area contributed by atoms with E-state index in [-0.39, 0.29) is 53.1 Å². The molecule has 11 heteroatoms. The van der Waals surface area contributed by atoms with Crippen LogP contribution in [0.1, 0.15) is 56.1 Å². The van der Waals surface area contributed by atoms with Gasteiger partial charge >= 0.3 is 0 Å². The summed E-state index contributed by atoms with van der Waals surface area (Å²) in [6.45, 7) is 6.71. The number of ether oxygens (including phenoxy) is 1. The molecule has 0 atom stereocenters. The Balaban J connectivity index is 1.76. The van der Waals surface area contributed by atoms with E-state index in [2.05, 4.69) is 15.5 Å². The quantitative estimate of drug-likeness (QED) is 0.253. The predicted molar refractivity (Wildman–Crippen MR) is 164 cm³/mol. The minimum absolute atomic E-state index is 0.0372. The Labute approximate surface area is 251 Å². The van der Waals surface area contributed by atoms with E-state index in [1.165, 1.54) is 6.07 Å². The number of carbonyl (C=O) groups excluding carboxylic acids is 2. The lowest BCUT2D eigenvalue weighted by Gasteiger charge is -2.24. The fraction of sp³-hybridized carbons (Fsp3) is 0.452. The van der Waals surface area contributed by atoms with Crippen LogP contribution in [0, 0.1) is 11.2 Å². The molecule has 0 spiro atoms. The van der Waals surface area contributed by atoms with E-state index >= 15 is 0 Å². The van der Waals surface area contributed by atoms with Crippen LogP contribution in [0.2, 0.25) is 5.02 Å². The van der Waals surface area contributed by atoms with Crippen LogP contribution in [0.25, 0.3) is 5.69 Å². The van der Waals surface area contributed by atoms with Crippen molar-refractivity contribution in [3.8, 4) is 11.4 Å². The van der Waals surface area contributed by atoms with E-state index in [0.29, 0.717) is 12.1 Å². The lowest BCUT2D eigenvalue weighted by Crippen LogP contribution is -2.37. The Morgan fingerprint density at radius 2 is 1.81 bits per heavy atom. The summed E-state index contributed by atoms with van der Waals surface area (Å²) in [6, 6.07) is 11.6. The van der Waals surface area contributed by atoms with Crippen LogP contribution in [0.3, 0.4) is 0 Å². The van der Waals surface area contributed by atoms with Crippen LogP contribution >= 0.6 is 11.6 Å².